The lowest BCUT2D eigenvalue weighted by Crippen LogP contribution is -2.09. The zero-order valence-corrected chi connectivity index (χ0v) is 11.8. The molecule has 102 valence electrons. The molecule has 0 radical (unpaired) electrons. The van der Waals surface area contributed by atoms with Crippen molar-refractivity contribution in [2.45, 2.75) is 51.9 Å². The second-order valence-electron chi connectivity index (χ2n) is 4.07. The van der Waals surface area contributed by atoms with Gasteiger partial charge in [-0.25, -0.2) is 0 Å². The molecule has 0 heterocycles. The van der Waals surface area contributed by atoms with Crippen molar-refractivity contribution in [3.63, 3.8) is 0 Å². The number of aliphatic hydroxyl groups excluding tert-OH is 1. The van der Waals surface area contributed by atoms with Gasteiger partial charge < -0.3 is 9.84 Å². The van der Waals surface area contributed by atoms with Crippen molar-refractivity contribution in [2.75, 3.05) is 24.7 Å². The third-order valence-corrected chi connectivity index (χ3v) is 3.52. The van der Waals surface area contributed by atoms with E-state index in [0.717, 1.165) is 11.5 Å². The highest BCUT2D eigenvalue weighted by Crippen LogP contribution is 2.10. The van der Waals surface area contributed by atoms with Crippen molar-refractivity contribution in [3.05, 3.63) is 0 Å². The quantitative estimate of drug-likeness (QED) is 0.434. The largest absolute Gasteiger partial charge is 0.463 e. The number of rotatable bonds is 12. The molecule has 1 N–H and O–H groups in total. The van der Waals surface area contributed by atoms with Crippen molar-refractivity contribution in [3.8, 4) is 0 Å². The van der Waals surface area contributed by atoms with Crippen LogP contribution >= 0.6 is 11.8 Å². The van der Waals surface area contributed by atoms with Crippen molar-refractivity contribution >= 4 is 17.7 Å². The Kier molecular flexibility index (Phi) is 13.7. The van der Waals surface area contributed by atoms with Gasteiger partial charge in [0.15, 0.2) is 0 Å². The number of carbonyl (C=O) groups excluding carboxylic acids is 1. The highest BCUT2D eigenvalue weighted by molar-refractivity contribution is 7.99. The van der Waals surface area contributed by atoms with Gasteiger partial charge in [-0.2, -0.15) is 11.8 Å². The minimum atomic E-state index is -0.200. The Hall–Kier alpha value is -0.220. The molecule has 3 nitrogen and oxygen atoms in total. The zero-order chi connectivity index (χ0) is 12.8. The van der Waals surface area contributed by atoms with Crippen LogP contribution in [0.1, 0.15) is 51.9 Å². The third-order valence-electron chi connectivity index (χ3n) is 2.45. The highest BCUT2D eigenvalue weighted by Gasteiger charge is 2.01. The molecule has 0 aromatic rings. The van der Waals surface area contributed by atoms with E-state index in [-0.39, 0.29) is 19.2 Å². The molecule has 0 aliphatic carbocycles. The van der Waals surface area contributed by atoms with Gasteiger partial charge >= 0.3 is 5.97 Å². The lowest BCUT2D eigenvalue weighted by atomic mass is 10.1. The van der Waals surface area contributed by atoms with Crippen molar-refractivity contribution < 1.29 is 14.6 Å². The number of ether oxygens (including phenoxy) is 1. The molecule has 17 heavy (non-hydrogen) atoms. The molecule has 0 spiro atoms. The molecule has 0 unspecified atom stereocenters. The van der Waals surface area contributed by atoms with Crippen LogP contribution in [0.4, 0.5) is 0 Å². The first-order chi connectivity index (χ1) is 8.31. The van der Waals surface area contributed by atoms with E-state index in [1.165, 1.54) is 38.5 Å². The number of hydrogen-bond donors (Lipinski definition) is 1. The molecule has 0 bridgehead atoms. The summed E-state index contributed by atoms with van der Waals surface area (Å²) in [5, 5.41) is 8.46. The van der Waals surface area contributed by atoms with Crippen LogP contribution in [0, 0.1) is 0 Å². The molecule has 0 rings (SSSR count). The molecule has 0 aromatic carbocycles. The summed E-state index contributed by atoms with van der Waals surface area (Å²) in [5.74, 6) is 1.77. The summed E-state index contributed by atoms with van der Waals surface area (Å²) in [5.41, 5.74) is 0. The fraction of sp³-hybridized carbons (Fsp3) is 0.923. The van der Waals surface area contributed by atoms with Gasteiger partial charge in [-0.1, -0.05) is 39.0 Å². The van der Waals surface area contributed by atoms with Crippen LogP contribution in [0.15, 0.2) is 0 Å². The van der Waals surface area contributed by atoms with Gasteiger partial charge in [0.05, 0.1) is 13.0 Å². The Morgan fingerprint density at radius 1 is 1.12 bits per heavy atom. The number of thioether (sulfide) groups is 1. The van der Waals surface area contributed by atoms with Crippen molar-refractivity contribution in [1.82, 2.24) is 0 Å². The fourth-order valence-corrected chi connectivity index (χ4v) is 2.40. The van der Waals surface area contributed by atoms with Gasteiger partial charge in [-0.15, -0.1) is 0 Å². The molecule has 0 atom stereocenters. The topological polar surface area (TPSA) is 46.5 Å². The maximum absolute atomic E-state index is 11.1. The van der Waals surface area contributed by atoms with Crippen LogP contribution in [-0.2, 0) is 9.53 Å². The molecular weight excluding hydrogens is 236 g/mol. The summed E-state index contributed by atoms with van der Waals surface area (Å²) in [6, 6.07) is 0. The maximum atomic E-state index is 11.1. The minimum absolute atomic E-state index is 0.0867. The summed E-state index contributed by atoms with van der Waals surface area (Å²) in [6.07, 6.45) is 8.36. The fourth-order valence-electron chi connectivity index (χ4n) is 1.47. The molecule has 0 amide bonds. The summed E-state index contributed by atoms with van der Waals surface area (Å²) in [4.78, 5) is 11.1. The number of esters is 1. The number of unbranched alkanes of at least 4 members (excludes halogenated alkanes) is 5. The first kappa shape index (κ1) is 16.8. The lowest BCUT2D eigenvalue weighted by Gasteiger charge is -2.03. The van der Waals surface area contributed by atoms with Crippen molar-refractivity contribution in [1.29, 1.82) is 0 Å². The van der Waals surface area contributed by atoms with Gasteiger partial charge in [-0.05, 0) is 12.2 Å². The first-order valence-electron chi connectivity index (χ1n) is 6.65. The minimum Gasteiger partial charge on any atom is -0.463 e. The van der Waals surface area contributed by atoms with Gasteiger partial charge in [0.1, 0.15) is 6.61 Å². The Labute approximate surface area is 109 Å². The first-order valence-corrected chi connectivity index (χ1v) is 7.81. The Morgan fingerprint density at radius 3 is 2.53 bits per heavy atom. The van der Waals surface area contributed by atoms with Gasteiger partial charge in [-0.3, -0.25) is 4.79 Å². The van der Waals surface area contributed by atoms with Crippen molar-refractivity contribution in [2.24, 2.45) is 0 Å². The number of aliphatic hydroxyl groups is 1. The van der Waals surface area contributed by atoms with Gasteiger partial charge in [0.25, 0.3) is 0 Å². The average Bonchev–Trinajstić information content (AvgIpc) is 2.34. The van der Waals surface area contributed by atoms with Crippen LogP contribution in [-0.4, -0.2) is 35.8 Å². The van der Waals surface area contributed by atoms with E-state index < -0.39 is 0 Å². The van der Waals surface area contributed by atoms with Crippen LogP contribution in [0.2, 0.25) is 0 Å². The number of hydrogen-bond acceptors (Lipinski definition) is 4. The molecule has 4 heteroatoms. The summed E-state index contributed by atoms with van der Waals surface area (Å²) < 4.78 is 4.76. The van der Waals surface area contributed by atoms with Crippen LogP contribution in [0.3, 0.4) is 0 Å². The van der Waals surface area contributed by atoms with E-state index in [2.05, 4.69) is 6.92 Å². The van der Waals surface area contributed by atoms with Gasteiger partial charge in [0.2, 0.25) is 0 Å². The molecule has 0 aromatic heterocycles. The Bertz CT molecular complexity index is 174. The monoisotopic (exact) mass is 262 g/mol. The van der Waals surface area contributed by atoms with Crippen LogP contribution < -0.4 is 0 Å². The maximum Gasteiger partial charge on any atom is 0.306 e. The zero-order valence-electron chi connectivity index (χ0n) is 11.0. The SMILES string of the molecule is CCCCCCCCSCCC(=O)OCCO. The van der Waals surface area contributed by atoms with Crippen LogP contribution in [0.5, 0.6) is 0 Å². The molecule has 0 saturated carbocycles. The van der Waals surface area contributed by atoms with E-state index >= 15 is 0 Å². The summed E-state index contributed by atoms with van der Waals surface area (Å²) in [7, 11) is 0. The molecule has 0 aliphatic heterocycles. The van der Waals surface area contributed by atoms with E-state index in [9.17, 15) is 4.79 Å². The third kappa shape index (κ3) is 13.7. The van der Waals surface area contributed by atoms with E-state index in [1.54, 1.807) is 0 Å². The second-order valence-corrected chi connectivity index (χ2v) is 5.30. The highest BCUT2D eigenvalue weighted by atomic mass is 32.2. The number of carbonyl (C=O) groups is 1. The predicted octanol–water partition coefficient (Wildman–Crippen LogP) is 3.01. The van der Waals surface area contributed by atoms with E-state index in [4.69, 9.17) is 9.84 Å². The van der Waals surface area contributed by atoms with Crippen LogP contribution in [0.25, 0.3) is 0 Å². The summed E-state index contributed by atoms with van der Waals surface area (Å²) in [6.45, 7) is 2.27. The van der Waals surface area contributed by atoms with Gasteiger partial charge in [0, 0.05) is 5.75 Å². The standard InChI is InChI=1S/C13H26O3S/c1-2-3-4-5-6-7-11-17-12-8-13(15)16-10-9-14/h14H,2-12H2,1H3. The molecular formula is C13H26O3S. The normalized spacial score (nSPS) is 10.5. The summed E-state index contributed by atoms with van der Waals surface area (Å²) >= 11 is 1.82. The van der Waals surface area contributed by atoms with E-state index in [1.807, 2.05) is 11.8 Å². The smallest absolute Gasteiger partial charge is 0.306 e. The second kappa shape index (κ2) is 13.8. The Morgan fingerprint density at radius 2 is 1.82 bits per heavy atom. The molecule has 0 saturated heterocycles. The molecule has 0 fully saturated rings. The predicted molar refractivity (Wildman–Crippen MR) is 73.4 cm³/mol. The average molecular weight is 262 g/mol. The Balaban J connectivity index is 3.05. The van der Waals surface area contributed by atoms with E-state index in [0.29, 0.717) is 6.42 Å². The lowest BCUT2D eigenvalue weighted by molar-refractivity contribution is -0.144. The molecule has 0 aliphatic rings.